The summed E-state index contributed by atoms with van der Waals surface area (Å²) >= 11 is 5.66. The number of alkyl halides is 1. The number of halogens is 1. The zero-order valence-electron chi connectivity index (χ0n) is 9.87. The fourth-order valence-corrected chi connectivity index (χ4v) is 1.83. The quantitative estimate of drug-likeness (QED) is 0.724. The van der Waals surface area contributed by atoms with Crippen molar-refractivity contribution in [2.24, 2.45) is 0 Å². The van der Waals surface area contributed by atoms with Crippen molar-refractivity contribution in [3.8, 4) is 0 Å². The van der Waals surface area contributed by atoms with E-state index >= 15 is 0 Å². The van der Waals surface area contributed by atoms with Crippen LogP contribution in [0.3, 0.4) is 0 Å². The van der Waals surface area contributed by atoms with E-state index in [0.29, 0.717) is 5.88 Å². The molecule has 1 amide bonds. The SMILES string of the molecule is CCN(CC)C(=O)c1ccc(CCCl)cc1. The first-order chi connectivity index (χ1) is 7.72. The summed E-state index contributed by atoms with van der Waals surface area (Å²) in [6.07, 6.45) is 0.849. The summed E-state index contributed by atoms with van der Waals surface area (Å²) in [6.45, 7) is 5.48. The molecule has 16 heavy (non-hydrogen) atoms. The predicted molar refractivity (Wildman–Crippen MR) is 68.1 cm³/mol. The summed E-state index contributed by atoms with van der Waals surface area (Å²) in [5, 5.41) is 0. The molecule has 1 rings (SSSR count). The molecule has 0 atom stereocenters. The zero-order valence-corrected chi connectivity index (χ0v) is 10.6. The largest absolute Gasteiger partial charge is 0.339 e. The molecule has 3 heteroatoms. The number of hydrogen-bond donors (Lipinski definition) is 0. The Balaban J connectivity index is 2.76. The molecule has 0 bridgehead atoms. The average molecular weight is 240 g/mol. The first kappa shape index (κ1) is 13.0. The molecule has 0 fully saturated rings. The maximum absolute atomic E-state index is 12.0. The summed E-state index contributed by atoms with van der Waals surface area (Å²) < 4.78 is 0. The highest BCUT2D eigenvalue weighted by Gasteiger charge is 2.11. The van der Waals surface area contributed by atoms with Gasteiger partial charge in [-0.15, -0.1) is 11.6 Å². The van der Waals surface area contributed by atoms with Crippen LogP contribution in [0.25, 0.3) is 0 Å². The standard InChI is InChI=1S/C13H18ClNO/c1-3-15(4-2)13(16)12-7-5-11(6-8-12)9-10-14/h5-8H,3-4,9-10H2,1-2H3. The molecule has 0 radical (unpaired) electrons. The summed E-state index contributed by atoms with van der Waals surface area (Å²) in [7, 11) is 0. The van der Waals surface area contributed by atoms with Gasteiger partial charge in [-0.3, -0.25) is 4.79 Å². The first-order valence-corrected chi connectivity index (χ1v) is 6.20. The maximum atomic E-state index is 12.0. The van der Waals surface area contributed by atoms with Gasteiger partial charge < -0.3 is 4.90 Å². The van der Waals surface area contributed by atoms with Crippen LogP contribution < -0.4 is 0 Å². The molecule has 88 valence electrons. The van der Waals surface area contributed by atoms with Gasteiger partial charge in [-0.05, 0) is 38.0 Å². The molecule has 0 aromatic heterocycles. The molecule has 1 aromatic carbocycles. The van der Waals surface area contributed by atoms with E-state index in [1.165, 1.54) is 5.56 Å². The molecule has 0 aliphatic heterocycles. The van der Waals surface area contributed by atoms with Gasteiger partial charge in [0.05, 0.1) is 0 Å². The average Bonchev–Trinajstić information content (AvgIpc) is 2.32. The molecule has 0 saturated heterocycles. The highest BCUT2D eigenvalue weighted by atomic mass is 35.5. The van der Waals surface area contributed by atoms with Crippen LogP contribution in [0.15, 0.2) is 24.3 Å². The van der Waals surface area contributed by atoms with Gasteiger partial charge >= 0.3 is 0 Å². The van der Waals surface area contributed by atoms with Crippen LogP contribution >= 0.6 is 11.6 Å². The van der Waals surface area contributed by atoms with Gasteiger partial charge in [0.1, 0.15) is 0 Å². The lowest BCUT2D eigenvalue weighted by Gasteiger charge is -2.18. The second kappa shape index (κ2) is 6.54. The zero-order chi connectivity index (χ0) is 12.0. The Morgan fingerprint density at radius 2 is 1.75 bits per heavy atom. The van der Waals surface area contributed by atoms with Crippen molar-refractivity contribution >= 4 is 17.5 Å². The fourth-order valence-electron chi connectivity index (χ4n) is 1.62. The number of carbonyl (C=O) groups excluding carboxylic acids is 1. The van der Waals surface area contributed by atoms with Gasteiger partial charge in [0.15, 0.2) is 0 Å². The number of carbonyl (C=O) groups is 1. The van der Waals surface area contributed by atoms with E-state index in [2.05, 4.69) is 0 Å². The Kier molecular flexibility index (Phi) is 5.33. The van der Waals surface area contributed by atoms with E-state index in [1.54, 1.807) is 0 Å². The third kappa shape index (κ3) is 3.24. The van der Waals surface area contributed by atoms with Crippen molar-refractivity contribution in [2.75, 3.05) is 19.0 Å². The van der Waals surface area contributed by atoms with Gasteiger partial charge in [0, 0.05) is 24.5 Å². The molecular formula is C13H18ClNO. The Morgan fingerprint density at radius 1 is 1.19 bits per heavy atom. The van der Waals surface area contributed by atoms with Crippen LogP contribution in [0.1, 0.15) is 29.8 Å². The van der Waals surface area contributed by atoms with Crippen LogP contribution in [0.5, 0.6) is 0 Å². The van der Waals surface area contributed by atoms with Crippen molar-refractivity contribution in [3.63, 3.8) is 0 Å². The van der Waals surface area contributed by atoms with Crippen LogP contribution in [0, 0.1) is 0 Å². The summed E-state index contributed by atoms with van der Waals surface area (Å²) in [5.74, 6) is 0.714. The van der Waals surface area contributed by atoms with Crippen molar-refractivity contribution in [1.82, 2.24) is 4.90 Å². The minimum absolute atomic E-state index is 0.0995. The third-order valence-corrected chi connectivity index (χ3v) is 2.82. The van der Waals surface area contributed by atoms with E-state index in [-0.39, 0.29) is 5.91 Å². The van der Waals surface area contributed by atoms with E-state index in [0.717, 1.165) is 25.1 Å². The van der Waals surface area contributed by atoms with E-state index < -0.39 is 0 Å². The normalized spacial score (nSPS) is 10.2. The van der Waals surface area contributed by atoms with Crippen molar-refractivity contribution in [2.45, 2.75) is 20.3 Å². The minimum atomic E-state index is 0.0995. The summed E-state index contributed by atoms with van der Waals surface area (Å²) in [6, 6.07) is 7.70. The van der Waals surface area contributed by atoms with Crippen LogP contribution in [0.4, 0.5) is 0 Å². The van der Waals surface area contributed by atoms with Crippen LogP contribution in [-0.4, -0.2) is 29.8 Å². The number of rotatable bonds is 5. The summed E-state index contributed by atoms with van der Waals surface area (Å²) in [4.78, 5) is 13.8. The van der Waals surface area contributed by atoms with Crippen LogP contribution in [-0.2, 0) is 6.42 Å². The minimum Gasteiger partial charge on any atom is -0.339 e. The van der Waals surface area contributed by atoms with E-state index in [9.17, 15) is 4.79 Å². The fraction of sp³-hybridized carbons (Fsp3) is 0.462. The Morgan fingerprint density at radius 3 is 2.19 bits per heavy atom. The van der Waals surface area contributed by atoms with Gasteiger partial charge in [-0.25, -0.2) is 0 Å². The molecule has 0 unspecified atom stereocenters. The predicted octanol–water partition coefficient (Wildman–Crippen LogP) is 2.95. The molecule has 0 spiro atoms. The monoisotopic (exact) mass is 239 g/mol. The lowest BCUT2D eigenvalue weighted by molar-refractivity contribution is 0.0773. The molecule has 2 nitrogen and oxygen atoms in total. The lowest BCUT2D eigenvalue weighted by atomic mass is 10.1. The molecule has 1 aromatic rings. The van der Waals surface area contributed by atoms with Gasteiger partial charge in [-0.1, -0.05) is 12.1 Å². The van der Waals surface area contributed by atoms with Crippen molar-refractivity contribution in [3.05, 3.63) is 35.4 Å². The number of amides is 1. The van der Waals surface area contributed by atoms with Gasteiger partial charge in [-0.2, -0.15) is 0 Å². The molecule has 0 saturated carbocycles. The third-order valence-electron chi connectivity index (χ3n) is 2.63. The maximum Gasteiger partial charge on any atom is 0.253 e. The van der Waals surface area contributed by atoms with Gasteiger partial charge in [0.25, 0.3) is 5.91 Å². The number of hydrogen-bond acceptors (Lipinski definition) is 1. The Labute approximate surface area is 102 Å². The van der Waals surface area contributed by atoms with E-state index in [4.69, 9.17) is 11.6 Å². The molecule has 0 heterocycles. The summed E-state index contributed by atoms with van der Waals surface area (Å²) in [5.41, 5.74) is 1.92. The highest BCUT2D eigenvalue weighted by Crippen LogP contribution is 2.08. The van der Waals surface area contributed by atoms with E-state index in [1.807, 2.05) is 43.0 Å². The Hall–Kier alpha value is -1.02. The second-order valence-corrected chi connectivity index (χ2v) is 3.99. The van der Waals surface area contributed by atoms with Crippen molar-refractivity contribution < 1.29 is 4.79 Å². The van der Waals surface area contributed by atoms with Crippen molar-refractivity contribution in [1.29, 1.82) is 0 Å². The molecule has 0 N–H and O–H groups in total. The second-order valence-electron chi connectivity index (χ2n) is 3.61. The number of aryl methyl sites for hydroxylation is 1. The highest BCUT2D eigenvalue weighted by molar-refractivity contribution is 6.18. The lowest BCUT2D eigenvalue weighted by Crippen LogP contribution is -2.30. The Bertz CT molecular complexity index is 330. The molecular weight excluding hydrogens is 222 g/mol. The number of benzene rings is 1. The topological polar surface area (TPSA) is 20.3 Å². The molecule has 0 aliphatic rings. The molecule has 0 aliphatic carbocycles. The van der Waals surface area contributed by atoms with Crippen LogP contribution in [0.2, 0.25) is 0 Å². The number of nitrogens with zero attached hydrogens (tertiary/aromatic N) is 1. The van der Waals surface area contributed by atoms with Gasteiger partial charge in [0.2, 0.25) is 0 Å². The smallest absolute Gasteiger partial charge is 0.253 e. The first-order valence-electron chi connectivity index (χ1n) is 5.67.